The normalized spacial score (nSPS) is 11.1. The summed E-state index contributed by atoms with van der Waals surface area (Å²) in [5.74, 6) is -3.42. The van der Waals surface area contributed by atoms with E-state index < -0.39 is 18.1 Å². The van der Waals surface area contributed by atoms with Crippen LogP contribution in [0.25, 0.3) is 0 Å². The SMILES string of the molecule is Cc1ccc(C(=O)O)cc1NC(=O)C(F)(F)F. The lowest BCUT2D eigenvalue weighted by atomic mass is 10.1. The van der Waals surface area contributed by atoms with Gasteiger partial charge in [-0.1, -0.05) is 6.07 Å². The number of aryl methyl sites for hydroxylation is 1. The van der Waals surface area contributed by atoms with Crippen molar-refractivity contribution < 1.29 is 27.9 Å². The van der Waals surface area contributed by atoms with Crippen molar-refractivity contribution in [1.29, 1.82) is 0 Å². The number of amides is 1. The Hall–Kier alpha value is -2.05. The fourth-order valence-corrected chi connectivity index (χ4v) is 1.08. The van der Waals surface area contributed by atoms with Crippen molar-refractivity contribution in [3.63, 3.8) is 0 Å². The van der Waals surface area contributed by atoms with Crippen molar-refractivity contribution in [3.05, 3.63) is 29.3 Å². The number of carboxylic acids is 1. The summed E-state index contributed by atoms with van der Waals surface area (Å²) < 4.78 is 36.0. The van der Waals surface area contributed by atoms with Gasteiger partial charge >= 0.3 is 18.1 Å². The number of nitrogens with one attached hydrogen (secondary N) is 1. The molecule has 0 saturated carbocycles. The standard InChI is InChI=1S/C10H8F3NO3/c1-5-2-3-6(8(15)16)4-7(5)14-9(17)10(11,12)13/h2-4H,1H3,(H,14,17)(H,15,16). The third-order valence-electron chi connectivity index (χ3n) is 1.99. The molecule has 92 valence electrons. The summed E-state index contributed by atoms with van der Waals surface area (Å²) in [5.41, 5.74) is -0.0344. The van der Waals surface area contributed by atoms with Gasteiger partial charge in [-0.25, -0.2) is 4.79 Å². The van der Waals surface area contributed by atoms with Gasteiger partial charge in [0.15, 0.2) is 0 Å². The number of carboxylic acid groups (broad SMARTS) is 1. The highest BCUT2D eigenvalue weighted by Crippen LogP contribution is 2.21. The fourth-order valence-electron chi connectivity index (χ4n) is 1.08. The minimum Gasteiger partial charge on any atom is -0.478 e. The zero-order chi connectivity index (χ0) is 13.2. The summed E-state index contributed by atoms with van der Waals surface area (Å²) in [6.07, 6.45) is -5.01. The Morgan fingerprint density at radius 1 is 1.29 bits per heavy atom. The summed E-state index contributed by atoms with van der Waals surface area (Å²) in [6, 6.07) is 3.53. The van der Waals surface area contributed by atoms with Gasteiger partial charge in [0, 0.05) is 5.69 Å². The van der Waals surface area contributed by atoms with Crippen LogP contribution in [0, 0.1) is 6.92 Å². The van der Waals surface area contributed by atoms with Crippen molar-refractivity contribution >= 4 is 17.6 Å². The molecule has 0 aliphatic heterocycles. The van der Waals surface area contributed by atoms with Crippen LogP contribution in [0.5, 0.6) is 0 Å². The molecular weight excluding hydrogens is 239 g/mol. The number of hydrogen-bond acceptors (Lipinski definition) is 2. The predicted octanol–water partition coefficient (Wildman–Crippen LogP) is 2.19. The molecule has 0 spiro atoms. The number of rotatable bonds is 2. The lowest BCUT2D eigenvalue weighted by Crippen LogP contribution is -2.30. The molecule has 4 nitrogen and oxygen atoms in total. The third-order valence-corrected chi connectivity index (χ3v) is 1.99. The molecule has 1 amide bonds. The monoisotopic (exact) mass is 247 g/mol. The summed E-state index contributed by atoms with van der Waals surface area (Å²) in [6.45, 7) is 1.46. The second-order valence-corrected chi connectivity index (χ2v) is 3.29. The van der Waals surface area contributed by atoms with Crippen LogP contribution in [-0.2, 0) is 4.79 Å². The number of anilines is 1. The zero-order valence-electron chi connectivity index (χ0n) is 8.63. The fraction of sp³-hybridized carbons (Fsp3) is 0.200. The highest BCUT2D eigenvalue weighted by atomic mass is 19.4. The molecular formula is C10H8F3NO3. The Morgan fingerprint density at radius 2 is 1.88 bits per heavy atom. The molecule has 0 aromatic heterocycles. The highest BCUT2D eigenvalue weighted by Gasteiger charge is 2.38. The molecule has 0 aliphatic carbocycles. The lowest BCUT2D eigenvalue weighted by Gasteiger charge is -2.10. The Morgan fingerprint density at radius 3 is 2.35 bits per heavy atom. The Balaban J connectivity index is 3.02. The number of aromatic carboxylic acids is 1. The van der Waals surface area contributed by atoms with Crippen LogP contribution in [0.2, 0.25) is 0 Å². The van der Waals surface area contributed by atoms with E-state index in [9.17, 15) is 22.8 Å². The minimum atomic E-state index is -5.01. The van der Waals surface area contributed by atoms with E-state index in [-0.39, 0.29) is 11.3 Å². The van der Waals surface area contributed by atoms with Gasteiger partial charge in [0.1, 0.15) is 0 Å². The van der Waals surface area contributed by atoms with Crippen molar-refractivity contribution in [2.24, 2.45) is 0 Å². The Kier molecular flexibility index (Phi) is 3.40. The molecule has 1 aromatic rings. The first-order chi connectivity index (χ1) is 7.71. The molecule has 0 unspecified atom stereocenters. The van der Waals surface area contributed by atoms with Gasteiger partial charge in [-0.05, 0) is 24.6 Å². The van der Waals surface area contributed by atoms with Gasteiger partial charge in [-0.3, -0.25) is 4.79 Å². The van der Waals surface area contributed by atoms with E-state index in [4.69, 9.17) is 5.11 Å². The van der Waals surface area contributed by atoms with Crippen LogP contribution in [0.4, 0.5) is 18.9 Å². The Labute approximate surface area is 94.1 Å². The minimum absolute atomic E-state index is 0.174. The van der Waals surface area contributed by atoms with Crippen LogP contribution in [-0.4, -0.2) is 23.2 Å². The molecule has 0 bridgehead atoms. The molecule has 1 aromatic carbocycles. The number of hydrogen-bond donors (Lipinski definition) is 2. The van der Waals surface area contributed by atoms with E-state index in [1.165, 1.54) is 19.1 Å². The number of alkyl halides is 3. The number of carbonyl (C=O) groups excluding carboxylic acids is 1. The second kappa shape index (κ2) is 4.44. The predicted molar refractivity (Wildman–Crippen MR) is 52.8 cm³/mol. The van der Waals surface area contributed by atoms with Crippen LogP contribution in [0.15, 0.2) is 18.2 Å². The van der Waals surface area contributed by atoms with E-state index in [0.29, 0.717) is 5.56 Å². The molecule has 0 aliphatic rings. The lowest BCUT2D eigenvalue weighted by molar-refractivity contribution is -0.167. The van der Waals surface area contributed by atoms with E-state index >= 15 is 0 Å². The summed E-state index contributed by atoms with van der Waals surface area (Å²) in [5, 5.41) is 10.3. The van der Waals surface area contributed by atoms with Gasteiger partial charge in [0.25, 0.3) is 0 Å². The molecule has 0 saturated heterocycles. The van der Waals surface area contributed by atoms with Gasteiger partial charge in [0.05, 0.1) is 5.56 Å². The summed E-state index contributed by atoms with van der Waals surface area (Å²) in [7, 11) is 0. The molecule has 17 heavy (non-hydrogen) atoms. The Bertz CT molecular complexity index is 468. The van der Waals surface area contributed by atoms with Gasteiger partial charge in [0.2, 0.25) is 0 Å². The maximum absolute atomic E-state index is 12.0. The topological polar surface area (TPSA) is 66.4 Å². The first kappa shape index (κ1) is 13.0. The quantitative estimate of drug-likeness (QED) is 0.841. The van der Waals surface area contributed by atoms with Crippen molar-refractivity contribution in [2.45, 2.75) is 13.1 Å². The zero-order valence-corrected chi connectivity index (χ0v) is 8.63. The first-order valence-electron chi connectivity index (χ1n) is 4.44. The highest BCUT2D eigenvalue weighted by molar-refractivity contribution is 5.97. The number of carbonyl (C=O) groups is 2. The van der Waals surface area contributed by atoms with Crippen molar-refractivity contribution in [1.82, 2.24) is 0 Å². The number of benzene rings is 1. The second-order valence-electron chi connectivity index (χ2n) is 3.29. The van der Waals surface area contributed by atoms with Crippen LogP contribution in [0.1, 0.15) is 15.9 Å². The van der Waals surface area contributed by atoms with Crippen molar-refractivity contribution in [2.75, 3.05) is 5.32 Å². The summed E-state index contributed by atoms with van der Waals surface area (Å²) >= 11 is 0. The largest absolute Gasteiger partial charge is 0.478 e. The molecule has 0 atom stereocenters. The van der Waals surface area contributed by atoms with Gasteiger partial charge < -0.3 is 10.4 Å². The average Bonchev–Trinajstić information content (AvgIpc) is 2.19. The van der Waals surface area contributed by atoms with Crippen LogP contribution in [0.3, 0.4) is 0 Å². The van der Waals surface area contributed by atoms with Crippen LogP contribution >= 0.6 is 0 Å². The molecule has 2 N–H and O–H groups in total. The van der Waals surface area contributed by atoms with Gasteiger partial charge in [-0.15, -0.1) is 0 Å². The molecule has 0 heterocycles. The maximum atomic E-state index is 12.0. The van der Waals surface area contributed by atoms with Gasteiger partial charge in [-0.2, -0.15) is 13.2 Å². The first-order valence-corrected chi connectivity index (χ1v) is 4.44. The third kappa shape index (κ3) is 3.20. The average molecular weight is 247 g/mol. The molecule has 1 rings (SSSR count). The maximum Gasteiger partial charge on any atom is 0.471 e. The van der Waals surface area contributed by atoms with E-state index in [2.05, 4.69) is 0 Å². The molecule has 0 radical (unpaired) electrons. The molecule has 0 fully saturated rings. The molecule has 7 heteroatoms. The van der Waals surface area contributed by atoms with Crippen LogP contribution < -0.4 is 5.32 Å². The number of halogens is 3. The van der Waals surface area contributed by atoms with E-state index in [0.717, 1.165) is 6.07 Å². The van der Waals surface area contributed by atoms with E-state index in [1.54, 1.807) is 5.32 Å². The smallest absolute Gasteiger partial charge is 0.471 e. The van der Waals surface area contributed by atoms with E-state index in [1.807, 2.05) is 0 Å². The summed E-state index contributed by atoms with van der Waals surface area (Å²) in [4.78, 5) is 21.3. The van der Waals surface area contributed by atoms with Crippen molar-refractivity contribution in [3.8, 4) is 0 Å².